The van der Waals surface area contributed by atoms with E-state index >= 15 is 0 Å². The smallest absolute Gasteiger partial charge is 0.231 e. The number of nitrogens with two attached hydrogens (primary N) is 1. The number of amides is 1. The van der Waals surface area contributed by atoms with Gasteiger partial charge >= 0.3 is 0 Å². The van der Waals surface area contributed by atoms with Gasteiger partial charge in [-0.25, -0.2) is 0 Å². The Morgan fingerprint density at radius 1 is 0.969 bits per heavy atom. The zero-order chi connectivity index (χ0) is 22.3. The van der Waals surface area contributed by atoms with E-state index in [1.54, 1.807) is 0 Å². The molecule has 0 saturated heterocycles. The van der Waals surface area contributed by atoms with Gasteiger partial charge in [0.1, 0.15) is 0 Å². The molecule has 4 rings (SSSR count). The summed E-state index contributed by atoms with van der Waals surface area (Å²) in [6.45, 7) is 2.72. The number of carbonyl (C=O) groups excluding carboxylic acids is 1. The molecule has 0 unspecified atom stereocenters. The van der Waals surface area contributed by atoms with Gasteiger partial charge in [0.25, 0.3) is 0 Å². The Kier molecular flexibility index (Phi) is 6.87. The molecule has 0 atom stereocenters. The van der Waals surface area contributed by atoms with Crippen LogP contribution in [0, 0.1) is 0 Å². The molecule has 3 N–H and O–H groups in total. The third-order valence-corrected chi connectivity index (χ3v) is 6.05. The number of carbonyl (C=O) groups is 1. The van der Waals surface area contributed by atoms with Crippen molar-refractivity contribution in [3.63, 3.8) is 0 Å². The lowest BCUT2D eigenvalue weighted by molar-refractivity contribution is -0.119. The predicted octanol–water partition coefficient (Wildman–Crippen LogP) is 4.55. The van der Waals surface area contributed by atoms with Crippen LogP contribution in [0.5, 0.6) is 0 Å². The van der Waals surface area contributed by atoms with Crippen molar-refractivity contribution >= 4 is 23.4 Å². The Labute approximate surface area is 191 Å². The maximum atomic E-state index is 12.9. The fourth-order valence-corrected chi connectivity index (χ4v) is 4.37. The number of nitrogens with zero attached hydrogens (tertiary/aromatic N) is 3. The van der Waals surface area contributed by atoms with E-state index in [9.17, 15) is 4.79 Å². The minimum Gasteiger partial charge on any atom is -0.399 e. The van der Waals surface area contributed by atoms with E-state index < -0.39 is 0 Å². The monoisotopic (exact) mass is 443 g/mol. The predicted molar refractivity (Wildman–Crippen MR) is 129 cm³/mol. The van der Waals surface area contributed by atoms with E-state index in [0.717, 1.165) is 22.5 Å². The molecule has 1 aromatic heterocycles. The molecule has 3 aromatic carbocycles. The Balaban J connectivity index is 1.48. The average molecular weight is 444 g/mol. The van der Waals surface area contributed by atoms with Gasteiger partial charge in [-0.3, -0.25) is 4.79 Å². The van der Waals surface area contributed by atoms with Gasteiger partial charge in [0.05, 0.1) is 11.8 Å². The number of nitrogen functional groups attached to an aromatic ring is 1. The molecule has 0 aliphatic rings. The highest BCUT2D eigenvalue weighted by Crippen LogP contribution is 2.26. The summed E-state index contributed by atoms with van der Waals surface area (Å²) >= 11 is 1.38. The van der Waals surface area contributed by atoms with Crippen LogP contribution in [0.25, 0.3) is 11.4 Å². The van der Waals surface area contributed by atoms with Crippen LogP contribution in [0.4, 0.5) is 5.69 Å². The molecule has 6 nitrogen and oxygen atoms in total. The average Bonchev–Trinajstić information content (AvgIpc) is 3.25. The number of benzene rings is 3. The summed E-state index contributed by atoms with van der Waals surface area (Å²) < 4.78 is 2.00. The number of nitrogens with one attached hydrogen (secondary N) is 1. The molecular weight excluding hydrogens is 418 g/mol. The van der Waals surface area contributed by atoms with Gasteiger partial charge in [-0.05, 0) is 30.2 Å². The molecule has 1 amide bonds. The first-order chi connectivity index (χ1) is 15.7. The van der Waals surface area contributed by atoms with E-state index in [-0.39, 0.29) is 17.7 Å². The first-order valence-corrected chi connectivity index (χ1v) is 11.5. The van der Waals surface area contributed by atoms with Crippen molar-refractivity contribution in [2.75, 3.05) is 11.5 Å². The Morgan fingerprint density at radius 2 is 1.62 bits per heavy atom. The summed E-state index contributed by atoms with van der Waals surface area (Å²) in [5.74, 6) is 0.920. The second-order valence-electron chi connectivity index (χ2n) is 7.29. The molecule has 0 aliphatic heterocycles. The molecule has 0 aliphatic carbocycles. The maximum Gasteiger partial charge on any atom is 0.231 e. The van der Waals surface area contributed by atoms with Gasteiger partial charge in [-0.15, -0.1) is 10.2 Å². The van der Waals surface area contributed by atoms with Crippen molar-refractivity contribution < 1.29 is 4.79 Å². The van der Waals surface area contributed by atoms with Crippen LogP contribution in [0.2, 0.25) is 0 Å². The van der Waals surface area contributed by atoms with Crippen molar-refractivity contribution in [2.24, 2.45) is 0 Å². The zero-order valence-corrected chi connectivity index (χ0v) is 18.6. The zero-order valence-electron chi connectivity index (χ0n) is 17.8. The van der Waals surface area contributed by atoms with Gasteiger partial charge in [-0.2, -0.15) is 0 Å². The van der Waals surface area contributed by atoms with Crippen molar-refractivity contribution in [2.45, 2.75) is 24.7 Å². The number of hydrogen-bond acceptors (Lipinski definition) is 5. The summed E-state index contributed by atoms with van der Waals surface area (Å²) in [6, 6.07) is 27.3. The van der Waals surface area contributed by atoms with Crippen LogP contribution in [0.3, 0.4) is 0 Å². The lowest BCUT2D eigenvalue weighted by atomic mass is 9.99. The number of anilines is 1. The maximum absolute atomic E-state index is 12.9. The summed E-state index contributed by atoms with van der Waals surface area (Å²) in [5, 5.41) is 12.5. The highest BCUT2D eigenvalue weighted by molar-refractivity contribution is 7.99. The quantitative estimate of drug-likeness (QED) is 0.308. The lowest BCUT2D eigenvalue weighted by Crippen LogP contribution is -2.30. The fourth-order valence-electron chi connectivity index (χ4n) is 3.55. The summed E-state index contributed by atoms with van der Waals surface area (Å²) in [6.07, 6.45) is 0. The van der Waals surface area contributed by atoms with Crippen molar-refractivity contribution in [3.05, 3.63) is 96.1 Å². The molecule has 32 heavy (non-hydrogen) atoms. The van der Waals surface area contributed by atoms with Gasteiger partial charge in [-0.1, -0.05) is 84.6 Å². The first kappa shape index (κ1) is 21.6. The number of thioether (sulfide) groups is 1. The van der Waals surface area contributed by atoms with Gasteiger partial charge in [0.2, 0.25) is 5.91 Å². The van der Waals surface area contributed by atoms with Crippen LogP contribution < -0.4 is 11.1 Å². The molecule has 7 heteroatoms. The molecular formula is C25H25N5OS. The number of hydrogen-bond donors (Lipinski definition) is 2. The van der Waals surface area contributed by atoms with Crippen LogP contribution >= 0.6 is 11.8 Å². The largest absolute Gasteiger partial charge is 0.399 e. The molecule has 0 bridgehead atoms. The minimum atomic E-state index is -0.211. The van der Waals surface area contributed by atoms with Gasteiger partial charge in [0.15, 0.2) is 11.0 Å². The van der Waals surface area contributed by atoms with Crippen molar-refractivity contribution in [1.82, 2.24) is 20.1 Å². The van der Waals surface area contributed by atoms with E-state index in [1.165, 1.54) is 11.8 Å². The first-order valence-electron chi connectivity index (χ1n) is 10.5. The molecule has 4 aromatic rings. The van der Waals surface area contributed by atoms with E-state index in [2.05, 4.69) is 15.5 Å². The minimum absolute atomic E-state index is 0.0659. The second kappa shape index (κ2) is 10.2. The van der Waals surface area contributed by atoms with Crippen molar-refractivity contribution in [1.29, 1.82) is 0 Å². The normalized spacial score (nSPS) is 10.9. The summed E-state index contributed by atoms with van der Waals surface area (Å²) in [4.78, 5) is 12.9. The standard InChI is InChI=1S/C25H25N5OS/c1-2-30-24(20-14-9-15-21(26)16-20)28-29-25(30)32-17-22(31)27-23(18-10-5-3-6-11-18)19-12-7-4-8-13-19/h3-16,23H,2,17,26H2,1H3,(H,27,31). The molecule has 0 radical (unpaired) electrons. The molecule has 1 heterocycles. The van der Waals surface area contributed by atoms with Gasteiger partial charge in [0, 0.05) is 17.8 Å². The Bertz CT molecular complexity index is 1140. The number of aromatic nitrogens is 3. The lowest BCUT2D eigenvalue weighted by Gasteiger charge is -2.20. The van der Waals surface area contributed by atoms with Crippen LogP contribution in [0.1, 0.15) is 24.1 Å². The van der Waals surface area contributed by atoms with E-state index in [4.69, 9.17) is 5.73 Å². The topological polar surface area (TPSA) is 85.8 Å². The SMILES string of the molecule is CCn1c(SCC(=O)NC(c2ccccc2)c2ccccc2)nnc1-c1cccc(N)c1. The van der Waals surface area contributed by atoms with E-state index in [1.807, 2.05) is 96.4 Å². The third kappa shape index (κ3) is 5.00. The molecule has 0 spiro atoms. The van der Waals surface area contributed by atoms with E-state index in [0.29, 0.717) is 17.4 Å². The molecule has 162 valence electrons. The number of rotatable bonds is 8. The van der Waals surface area contributed by atoms with Gasteiger partial charge < -0.3 is 15.6 Å². The van der Waals surface area contributed by atoms with Crippen molar-refractivity contribution in [3.8, 4) is 11.4 Å². The van der Waals surface area contributed by atoms with Crippen LogP contribution in [0.15, 0.2) is 90.1 Å². The second-order valence-corrected chi connectivity index (χ2v) is 8.23. The molecule has 0 saturated carbocycles. The highest BCUT2D eigenvalue weighted by Gasteiger charge is 2.19. The Hall–Kier alpha value is -3.58. The van der Waals surface area contributed by atoms with Crippen LogP contribution in [-0.4, -0.2) is 26.4 Å². The highest BCUT2D eigenvalue weighted by atomic mass is 32.2. The molecule has 0 fully saturated rings. The summed E-state index contributed by atoms with van der Waals surface area (Å²) in [7, 11) is 0. The fraction of sp³-hybridized carbons (Fsp3) is 0.160. The van der Waals surface area contributed by atoms with Crippen LogP contribution in [-0.2, 0) is 11.3 Å². The summed E-state index contributed by atoms with van der Waals surface area (Å²) in [5.41, 5.74) is 9.58. The third-order valence-electron chi connectivity index (χ3n) is 5.08. The Morgan fingerprint density at radius 3 is 2.22 bits per heavy atom.